The number of fused-ring (bicyclic) bond motifs is 2. The lowest BCUT2D eigenvalue weighted by Crippen LogP contribution is -2.40. The van der Waals surface area contributed by atoms with Crippen LogP contribution in [0.15, 0.2) is 29.4 Å². The first-order valence-electron chi connectivity index (χ1n) is 8.01. The van der Waals surface area contributed by atoms with Gasteiger partial charge in [0.25, 0.3) is 5.91 Å². The maximum Gasteiger partial charge on any atom is 0.310 e. The van der Waals surface area contributed by atoms with Gasteiger partial charge in [-0.05, 0) is 30.4 Å². The molecule has 2 saturated carbocycles. The number of amides is 1. The van der Waals surface area contributed by atoms with E-state index in [4.69, 9.17) is 0 Å². The Morgan fingerprint density at radius 2 is 1.88 bits per heavy atom. The molecule has 2 aliphatic rings. The van der Waals surface area contributed by atoms with E-state index in [2.05, 4.69) is 10.5 Å². The highest BCUT2D eigenvalue weighted by Crippen LogP contribution is 2.70. The maximum absolute atomic E-state index is 13.7. The number of rotatable bonds is 3. The predicted octanol–water partition coefficient (Wildman–Crippen LogP) is 3.21. The fraction of sp³-hybridized carbons (Fsp3) is 0.500. The molecule has 3 rings (SSSR count). The second kappa shape index (κ2) is 5.13. The molecule has 0 saturated heterocycles. The first-order chi connectivity index (χ1) is 11.2. The molecular weight excluding hydrogens is 311 g/mol. The molecule has 0 spiro atoms. The SMILES string of the molecule is CC12CCC(C(=O)O)(C/C1=N/NC(=O)c1ccccc1F)C2(C)C. The van der Waals surface area contributed by atoms with Gasteiger partial charge in [0.05, 0.1) is 11.0 Å². The summed E-state index contributed by atoms with van der Waals surface area (Å²) in [7, 11) is 0. The largest absolute Gasteiger partial charge is 0.481 e. The van der Waals surface area contributed by atoms with Crippen LogP contribution >= 0.6 is 0 Å². The first kappa shape index (κ1) is 16.6. The summed E-state index contributed by atoms with van der Waals surface area (Å²) in [4.78, 5) is 24.0. The van der Waals surface area contributed by atoms with Crippen molar-refractivity contribution < 1.29 is 19.1 Å². The molecule has 128 valence electrons. The number of carboxylic acid groups (broad SMARTS) is 1. The third-order valence-corrected chi connectivity index (χ3v) is 6.55. The lowest BCUT2D eigenvalue weighted by atomic mass is 9.65. The topological polar surface area (TPSA) is 78.8 Å². The minimum atomic E-state index is -0.858. The van der Waals surface area contributed by atoms with Gasteiger partial charge in [-0.15, -0.1) is 0 Å². The highest BCUT2D eigenvalue weighted by molar-refractivity contribution is 6.02. The molecule has 2 unspecified atom stereocenters. The van der Waals surface area contributed by atoms with Crippen molar-refractivity contribution in [2.24, 2.45) is 21.3 Å². The molecule has 1 aromatic carbocycles. The normalized spacial score (nSPS) is 32.1. The molecule has 2 aliphatic carbocycles. The summed E-state index contributed by atoms with van der Waals surface area (Å²) >= 11 is 0. The average Bonchev–Trinajstić information content (AvgIpc) is 2.83. The van der Waals surface area contributed by atoms with Crippen LogP contribution in [0, 0.1) is 22.1 Å². The summed E-state index contributed by atoms with van der Waals surface area (Å²) in [6, 6.07) is 5.68. The van der Waals surface area contributed by atoms with Crippen molar-refractivity contribution in [1.29, 1.82) is 0 Å². The van der Waals surface area contributed by atoms with E-state index >= 15 is 0 Å². The number of nitrogens with zero attached hydrogens (tertiary/aromatic N) is 1. The number of carboxylic acids is 1. The molecule has 24 heavy (non-hydrogen) atoms. The summed E-state index contributed by atoms with van der Waals surface area (Å²) in [6.07, 6.45) is 1.62. The number of carbonyl (C=O) groups is 2. The third-order valence-electron chi connectivity index (χ3n) is 6.55. The van der Waals surface area contributed by atoms with Crippen LogP contribution in [0.2, 0.25) is 0 Å². The van der Waals surface area contributed by atoms with E-state index in [-0.39, 0.29) is 5.56 Å². The van der Waals surface area contributed by atoms with Crippen molar-refractivity contribution in [2.75, 3.05) is 0 Å². The van der Waals surface area contributed by atoms with Crippen LogP contribution in [0.3, 0.4) is 0 Å². The van der Waals surface area contributed by atoms with Gasteiger partial charge in [0, 0.05) is 17.5 Å². The van der Waals surface area contributed by atoms with Gasteiger partial charge in [-0.2, -0.15) is 5.10 Å². The van der Waals surface area contributed by atoms with Crippen molar-refractivity contribution in [1.82, 2.24) is 5.43 Å². The number of hydrogen-bond acceptors (Lipinski definition) is 3. The Hall–Kier alpha value is -2.24. The molecule has 1 aromatic rings. The monoisotopic (exact) mass is 332 g/mol. The van der Waals surface area contributed by atoms with E-state index < -0.39 is 33.9 Å². The zero-order valence-corrected chi connectivity index (χ0v) is 14.0. The molecule has 0 radical (unpaired) electrons. The van der Waals surface area contributed by atoms with Gasteiger partial charge in [0.1, 0.15) is 5.82 Å². The highest BCUT2D eigenvalue weighted by Gasteiger charge is 2.71. The van der Waals surface area contributed by atoms with E-state index in [1.54, 1.807) is 6.07 Å². The second-order valence-corrected chi connectivity index (χ2v) is 7.50. The van der Waals surface area contributed by atoms with E-state index in [9.17, 15) is 19.1 Å². The Morgan fingerprint density at radius 1 is 1.21 bits per heavy atom. The number of carbonyl (C=O) groups excluding carboxylic acids is 1. The fourth-order valence-electron chi connectivity index (χ4n) is 4.35. The first-order valence-corrected chi connectivity index (χ1v) is 8.01. The van der Waals surface area contributed by atoms with Gasteiger partial charge >= 0.3 is 5.97 Å². The van der Waals surface area contributed by atoms with Crippen molar-refractivity contribution in [3.63, 3.8) is 0 Å². The maximum atomic E-state index is 13.7. The Kier molecular flexibility index (Phi) is 3.55. The summed E-state index contributed by atoms with van der Waals surface area (Å²) in [6.45, 7) is 5.91. The van der Waals surface area contributed by atoms with E-state index in [0.29, 0.717) is 25.0 Å². The van der Waals surface area contributed by atoms with Crippen LogP contribution in [-0.2, 0) is 4.79 Å². The highest BCUT2D eigenvalue weighted by atomic mass is 19.1. The second-order valence-electron chi connectivity index (χ2n) is 7.50. The van der Waals surface area contributed by atoms with Crippen molar-refractivity contribution >= 4 is 17.6 Å². The Labute approximate surface area is 139 Å². The lowest BCUT2D eigenvalue weighted by Gasteiger charge is -2.37. The summed E-state index contributed by atoms with van der Waals surface area (Å²) in [5.74, 6) is -2.06. The molecule has 6 heteroatoms. The van der Waals surface area contributed by atoms with Gasteiger partial charge in [0.2, 0.25) is 0 Å². The van der Waals surface area contributed by atoms with Gasteiger partial charge in [-0.3, -0.25) is 9.59 Å². The number of aliphatic carboxylic acids is 1. The zero-order chi connectivity index (χ0) is 17.8. The molecule has 2 N–H and O–H groups in total. The fourth-order valence-corrected chi connectivity index (χ4v) is 4.35. The quantitative estimate of drug-likeness (QED) is 0.834. The smallest absolute Gasteiger partial charge is 0.310 e. The van der Waals surface area contributed by atoms with Crippen LogP contribution in [0.4, 0.5) is 4.39 Å². The number of nitrogens with one attached hydrogen (secondary N) is 1. The predicted molar refractivity (Wildman–Crippen MR) is 87.1 cm³/mol. The molecule has 1 amide bonds. The standard InChI is InChI=1S/C18H21FN2O3/c1-16(2)17(3)8-9-18(16,15(23)24)10-13(17)20-21-14(22)11-6-4-5-7-12(11)19/h4-7H,8-10H2,1-3H3,(H,21,22)(H,23,24)/b20-13-. The molecule has 0 aromatic heterocycles. The summed E-state index contributed by atoms with van der Waals surface area (Å²) in [5, 5.41) is 14.0. The summed E-state index contributed by atoms with van der Waals surface area (Å²) < 4.78 is 13.7. The van der Waals surface area contributed by atoms with E-state index in [0.717, 1.165) is 0 Å². The minimum absolute atomic E-state index is 0.0811. The Morgan fingerprint density at radius 3 is 2.46 bits per heavy atom. The number of benzene rings is 1. The Balaban J connectivity index is 1.89. The number of hydrazone groups is 1. The van der Waals surface area contributed by atoms with Gasteiger partial charge in [-0.25, -0.2) is 9.82 Å². The van der Waals surface area contributed by atoms with Crippen LogP contribution in [0.5, 0.6) is 0 Å². The molecule has 0 heterocycles. The lowest BCUT2D eigenvalue weighted by molar-refractivity contribution is -0.154. The molecule has 0 aliphatic heterocycles. The van der Waals surface area contributed by atoms with Crippen LogP contribution in [0.1, 0.15) is 50.4 Å². The van der Waals surface area contributed by atoms with Crippen molar-refractivity contribution in [3.05, 3.63) is 35.6 Å². The van der Waals surface area contributed by atoms with Crippen LogP contribution in [0.25, 0.3) is 0 Å². The molecule has 5 nitrogen and oxygen atoms in total. The average molecular weight is 332 g/mol. The number of halogens is 1. The van der Waals surface area contributed by atoms with Crippen molar-refractivity contribution in [2.45, 2.75) is 40.0 Å². The molecule has 2 fully saturated rings. The van der Waals surface area contributed by atoms with Crippen LogP contribution < -0.4 is 5.43 Å². The molecule has 2 atom stereocenters. The zero-order valence-electron chi connectivity index (χ0n) is 14.0. The van der Waals surface area contributed by atoms with E-state index in [1.165, 1.54) is 18.2 Å². The summed E-state index contributed by atoms with van der Waals surface area (Å²) in [5.41, 5.74) is 1.28. The van der Waals surface area contributed by atoms with Gasteiger partial charge in [-0.1, -0.05) is 32.9 Å². The van der Waals surface area contributed by atoms with E-state index in [1.807, 2.05) is 20.8 Å². The van der Waals surface area contributed by atoms with Gasteiger partial charge in [0.15, 0.2) is 0 Å². The number of hydrogen-bond donors (Lipinski definition) is 2. The van der Waals surface area contributed by atoms with Crippen LogP contribution in [-0.4, -0.2) is 22.7 Å². The molecule has 2 bridgehead atoms. The van der Waals surface area contributed by atoms with Crippen molar-refractivity contribution in [3.8, 4) is 0 Å². The minimum Gasteiger partial charge on any atom is -0.481 e. The van der Waals surface area contributed by atoms with Gasteiger partial charge < -0.3 is 5.11 Å². The molecular formula is C18H21FN2O3. The Bertz CT molecular complexity index is 758. The third kappa shape index (κ3) is 1.95.